The van der Waals surface area contributed by atoms with Gasteiger partial charge in [-0.2, -0.15) is 0 Å². The van der Waals surface area contributed by atoms with Crippen LogP contribution in [0.1, 0.15) is 24.6 Å². The summed E-state index contributed by atoms with van der Waals surface area (Å²) in [7, 11) is 0. The molecule has 1 heterocycles. The minimum absolute atomic E-state index is 0.0864. The Morgan fingerprint density at radius 3 is 2.62 bits per heavy atom. The number of aromatic nitrogens is 2. The first kappa shape index (κ1) is 9.45. The van der Waals surface area contributed by atoms with Crippen LogP contribution in [0.15, 0.2) is 16.9 Å². The predicted octanol–water partition coefficient (Wildman–Crippen LogP) is 2.08. The van der Waals surface area contributed by atoms with Gasteiger partial charge in [-0.3, -0.25) is 4.79 Å². The topological polar surface area (TPSA) is 45.8 Å². The van der Waals surface area contributed by atoms with E-state index >= 15 is 0 Å². The molecule has 0 bridgehead atoms. The summed E-state index contributed by atoms with van der Waals surface area (Å²) in [6, 6.07) is 1.85. The van der Waals surface area contributed by atoms with Gasteiger partial charge >= 0.3 is 0 Å². The lowest BCUT2D eigenvalue weighted by Crippen LogP contribution is -2.12. The van der Waals surface area contributed by atoms with Gasteiger partial charge in [-0.15, -0.1) is 0 Å². The maximum absolute atomic E-state index is 13.0. The molecule has 82 valence electrons. The maximum Gasteiger partial charge on any atom is 0.258 e. The molecule has 1 N–H and O–H groups in total. The van der Waals surface area contributed by atoms with Crippen LogP contribution in [-0.4, -0.2) is 9.97 Å². The van der Waals surface area contributed by atoms with Crippen LogP contribution in [-0.2, 0) is 0 Å². The van der Waals surface area contributed by atoms with Crippen LogP contribution in [0.3, 0.4) is 0 Å². The highest BCUT2D eigenvalue weighted by molar-refractivity contribution is 5.77. The van der Waals surface area contributed by atoms with E-state index in [1.165, 1.54) is 0 Å². The van der Waals surface area contributed by atoms with Crippen LogP contribution in [0.2, 0.25) is 0 Å². The minimum Gasteiger partial charge on any atom is -0.310 e. The number of H-pyrrole nitrogens is 1. The zero-order valence-electron chi connectivity index (χ0n) is 8.26. The monoisotopic (exact) mass is 222 g/mol. The molecule has 0 unspecified atom stereocenters. The van der Waals surface area contributed by atoms with E-state index in [-0.39, 0.29) is 16.8 Å². The van der Waals surface area contributed by atoms with Crippen molar-refractivity contribution in [2.45, 2.75) is 18.8 Å². The fraction of sp³-hybridized carbons (Fsp3) is 0.273. The molecule has 0 amide bonds. The smallest absolute Gasteiger partial charge is 0.258 e. The summed E-state index contributed by atoms with van der Waals surface area (Å²) in [6.45, 7) is 0. The Labute approximate surface area is 89.1 Å². The zero-order chi connectivity index (χ0) is 11.3. The molecule has 0 aliphatic heterocycles. The molecule has 3 rings (SSSR count). The average Bonchev–Trinajstić information content (AvgIpc) is 3.04. The molecule has 5 heteroatoms. The molecule has 3 nitrogen and oxygen atoms in total. The SMILES string of the molecule is O=c1[nH]c(C2CC2)nc2cc(F)c(F)cc12. The number of hydrogen-bond donors (Lipinski definition) is 1. The number of aromatic amines is 1. The van der Waals surface area contributed by atoms with Crippen LogP contribution < -0.4 is 5.56 Å². The largest absolute Gasteiger partial charge is 0.310 e. The highest BCUT2D eigenvalue weighted by atomic mass is 19.2. The summed E-state index contributed by atoms with van der Waals surface area (Å²) in [5, 5.41) is 0.0864. The Morgan fingerprint density at radius 2 is 1.94 bits per heavy atom. The van der Waals surface area contributed by atoms with E-state index < -0.39 is 17.2 Å². The van der Waals surface area contributed by atoms with Gasteiger partial charge in [0, 0.05) is 12.0 Å². The molecule has 2 aromatic rings. The number of hydrogen-bond acceptors (Lipinski definition) is 2. The molecular weight excluding hydrogens is 214 g/mol. The second-order valence-corrected chi connectivity index (χ2v) is 4.01. The molecule has 0 radical (unpaired) electrons. The molecular formula is C11H8F2N2O. The van der Waals surface area contributed by atoms with Crippen molar-refractivity contribution in [3.05, 3.63) is 39.9 Å². The molecule has 1 saturated carbocycles. The van der Waals surface area contributed by atoms with Gasteiger partial charge in [0.05, 0.1) is 10.9 Å². The summed E-state index contributed by atoms with van der Waals surface area (Å²) < 4.78 is 25.9. The fourth-order valence-corrected chi connectivity index (χ4v) is 1.70. The summed E-state index contributed by atoms with van der Waals surface area (Å²) in [5.74, 6) is -1.17. The third-order valence-corrected chi connectivity index (χ3v) is 2.73. The second kappa shape index (κ2) is 3.10. The van der Waals surface area contributed by atoms with Gasteiger partial charge in [0.1, 0.15) is 5.82 Å². The summed E-state index contributed by atoms with van der Waals surface area (Å²) in [4.78, 5) is 18.4. The average molecular weight is 222 g/mol. The van der Waals surface area contributed by atoms with E-state index in [1.807, 2.05) is 0 Å². The number of fused-ring (bicyclic) bond motifs is 1. The highest BCUT2D eigenvalue weighted by Gasteiger charge is 2.26. The van der Waals surface area contributed by atoms with E-state index in [0.29, 0.717) is 5.82 Å². The molecule has 16 heavy (non-hydrogen) atoms. The van der Waals surface area contributed by atoms with Gasteiger partial charge in [0.15, 0.2) is 11.6 Å². The number of nitrogens with one attached hydrogen (secondary N) is 1. The van der Waals surface area contributed by atoms with Gasteiger partial charge in [-0.25, -0.2) is 13.8 Å². The minimum atomic E-state index is -1.03. The van der Waals surface area contributed by atoms with Gasteiger partial charge in [0.25, 0.3) is 5.56 Å². The van der Waals surface area contributed by atoms with E-state index in [9.17, 15) is 13.6 Å². The van der Waals surface area contributed by atoms with Crippen LogP contribution >= 0.6 is 0 Å². The standard InChI is InChI=1S/C11H8F2N2O/c12-7-3-6-9(4-8(7)13)14-10(5-1-2-5)15-11(6)16/h3-5H,1-2H2,(H,14,15,16). The number of rotatable bonds is 1. The molecule has 0 atom stereocenters. The van der Waals surface area contributed by atoms with Crippen LogP contribution in [0.5, 0.6) is 0 Å². The molecule has 1 fully saturated rings. The van der Waals surface area contributed by atoms with Crippen molar-refractivity contribution in [2.75, 3.05) is 0 Å². The molecule has 1 aromatic heterocycles. The normalized spacial score (nSPS) is 15.6. The highest BCUT2D eigenvalue weighted by Crippen LogP contribution is 2.37. The first-order valence-electron chi connectivity index (χ1n) is 5.04. The van der Waals surface area contributed by atoms with E-state index in [4.69, 9.17) is 0 Å². The van der Waals surface area contributed by atoms with Crippen molar-refractivity contribution < 1.29 is 8.78 Å². The zero-order valence-corrected chi connectivity index (χ0v) is 8.26. The molecule has 1 aromatic carbocycles. The van der Waals surface area contributed by atoms with Crippen molar-refractivity contribution in [1.29, 1.82) is 0 Å². The van der Waals surface area contributed by atoms with E-state index in [1.54, 1.807) is 0 Å². The van der Waals surface area contributed by atoms with Crippen molar-refractivity contribution in [2.24, 2.45) is 0 Å². The van der Waals surface area contributed by atoms with Crippen LogP contribution in [0.4, 0.5) is 8.78 Å². The Balaban J connectivity index is 2.33. The van der Waals surface area contributed by atoms with E-state index in [2.05, 4.69) is 9.97 Å². The Bertz CT molecular complexity index is 632. The lowest BCUT2D eigenvalue weighted by Gasteiger charge is -2.01. The van der Waals surface area contributed by atoms with Gasteiger partial charge in [0.2, 0.25) is 0 Å². The number of halogens is 2. The quantitative estimate of drug-likeness (QED) is 0.802. The second-order valence-electron chi connectivity index (χ2n) is 4.01. The van der Waals surface area contributed by atoms with Crippen molar-refractivity contribution >= 4 is 10.9 Å². The van der Waals surface area contributed by atoms with Gasteiger partial charge in [-0.05, 0) is 18.9 Å². The van der Waals surface area contributed by atoms with Gasteiger partial charge < -0.3 is 4.98 Å². The molecule has 1 aliphatic carbocycles. The third-order valence-electron chi connectivity index (χ3n) is 2.73. The van der Waals surface area contributed by atoms with Crippen molar-refractivity contribution in [3.8, 4) is 0 Å². The predicted molar refractivity (Wildman–Crippen MR) is 54.3 cm³/mol. The van der Waals surface area contributed by atoms with E-state index in [0.717, 1.165) is 25.0 Å². The number of nitrogens with zero attached hydrogens (tertiary/aromatic N) is 1. The van der Waals surface area contributed by atoms with Crippen molar-refractivity contribution in [3.63, 3.8) is 0 Å². The lowest BCUT2D eigenvalue weighted by atomic mass is 10.2. The van der Waals surface area contributed by atoms with Gasteiger partial charge in [-0.1, -0.05) is 0 Å². The lowest BCUT2D eigenvalue weighted by molar-refractivity contribution is 0.510. The maximum atomic E-state index is 13.0. The fourth-order valence-electron chi connectivity index (χ4n) is 1.70. The third kappa shape index (κ3) is 1.39. The van der Waals surface area contributed by atoms with Crippen molar-refractivity contribution in [1.82, 2.24) is 9.97 Å². The first-order chi connectivity index (χ1) is 7.65. The van der Waals surface area contributed by atoms with Crippen LogP contribution in [0, 0.1) is 11.6 Å². The Kier molecular flexibility index (Phi) is 1.83. The Hall–Kier alpha value is -1.78. The number of benzene rings is 1. The summed E-state index contributed by atoms with van der Waals surface area (Å²) >= 11 is 0. The molecule has 1 aliphatic rings. The van der Waals surface area contributed by atoms with Crippen LogP contribution in [0.25, 0.3) is 10.9 Å². The molecule has 0 saturated heterocycles. The Morgan fingerprint density at radius 1 is 1.25 bits per heavy atom. The summed E-state index contributed by atoms with van der Waals surface area (Å²) in [6.07, 6.45) is 1.97. The first-order valence-corrected chi connectivity index (χ1v) is 5.04. The summed E-state index contributed by atoms with van der Waals surface area (Å²) in [5.41, 5.74) is -0.199. The molecule has 0 spiro atoms.